The highest BCUT2D eigenvalue weighted by atomic mass is 32.1. The minimum absolute atomic E-state index is 0.257. The number of rotatable bonds is 4. The van der Waals surface area contributed by atoms with E-state index in [0.29, 0.717) is 11.7 Å². The van der Waals surface area contributed by atoms with Gasteiger partial charge in [-0.25, -0.2) is 9.78 Å². The standard InChI is InChI=1S/C22H19N3O2S/c1-27-16-9-5-13(6-10-16)12-23-21(26)25-22-24-20-17-4-2-3-14-7-8-15(19(14)17)11-18(20)28-22/h2-6,9-11H,7-8,12H2,1H3,(H2,23,24,25,26). The number of amides is 2. The van der Waals surface area contributed by atoms with Crippen molar-refractivity contribution < 1.29 is 9.53 Å². The Morgan fingerprint density at radius 3 is 2.79 bits per heavy atom. The van der Waals surface area contributed by atoms with Gasteiger partial charge in [-0.15, -0.1) is 0 Å². The first-order valence-corrected chi connectivity index (χ1v) is 10.0. The molecule has 1 aliphatic rings. The van der Waals surface area contributed by atoms with Crippen LogP contribution in [0.2, 0.25) is 0 Å². The van der Waals surface area contributed by atoms with Crippen molar-refractivity contribution in [3.8, 4) is 5.75 Å². The summed E-state index contributed by atoms with van der Waals surface area (Å²) in [5.41, 5.74) is 4.76. The summed E-state index contributed by atoms with van der Waals surface area (Å²) in [7, 11) is 1.63. The van der Waals surface area contributed by atoms with Crippen molar-refractivity contribution in [1.29, 1.82) is 0 Å². The highest BCUT2D eigenvalue weighted by Gasteiger charge is 2.18. The van der Waals surface area contributed by atoms with Gasteiger partial charge < -0.3 is 10.1 Å². The highest BCUT2D eigenvalue weighted by Crippen LogP contribution is 2.38. The van der Waals surface area contributed by atoms with Crippen LogP contribution in [0.3, 0.4) is 0 Å². The van der Waals surface area contributed by atoms with Gasteiger partial charge in [-0.2, -0.15) is 0 Å². The van der Waals surface area contributed by atoms with Crippen LogP contribution in [-0.4, -0.2) is 18.1 Å². The molecule has 5 nitrogen and oxygen atoms in total. The van der Waals surface area contributed by atoms with Gasteiger partial charge in [0.2, 0.25) is 0 Å². The van der Waals surface area contributed by atoms with E-state index in [9.17, 15) is 4.79 Å². The van der Waals surface area contributed by atoms with Gasteiger partial charge in [-0.05, 0) is 53.1 Å². The van der Waals surface area contributed by atoms with Crippen LogP contribution in [0.25, 0.3) is 21.0 Å². The van der Waals surface area contributed by atoms with Gasteiger partial charge in [-0.1, -0.05) is 41.7 Å². The Hall–Kier alpha value is -3.12. The second kappa shape index (κ2) is 6.80. The normalized spacial score (nSPS) is 12.5. The van der Waals surface area contributed by atoms with Crippen molar-refractivity contribution in [2.24, 2.45) is 0 Å². The van der Waals surface area contributed by atoms with Gasteiger partial charge in [0.15, 0.2) is 5.13 Å². The molecule has 3 aromatic carbocycles. The maximum absolute atomic E-state index is 12.3. The molecule has 4 aromatic rings. The van der Waals surface area contributed by atoms with E-state index in [4.69, 9.17) is 9.72 Å². The number of fused-ring (bicyclic) bond motifs is 2. The van der Waals surface area contributed by atoms with E-state index in [1.54, 1.807) is 7.11 Å². The van der Waals surface area contributed by atoms with E-state index < -0.39 is 0 Å². The number of aryl methyl sites for hydroxylation is 2. The molecule has 6 heteroatoms. The number of hydrogen-bond donors (Lipinski definition) is 2. The van der Waals surface area contributed by atoms with Gasteiger partial charge in [0.1, 0.15) is 5.75 Å². The number of urea groups is 1. The quantitative estimate of drug-likeness (QED) is 0.523. The molecule has 1 aromatic heterocycles. The molecule has 0 unspecified atom stereocenters. The van der Waals surface area contributed by atoms with E-state index in [1.807, 2.05) is 24.3 Å². The Labute approximate surface area is 166 Å². The minimum Gasteiger partial charge on any atom is -0.497 e. The summed E-state index contributed by atoms with van der Waals surface area (Å²) < 4.78 is 6.26. The molecule has 0 atom stereocenters. The first-order chi connectivity index (χ1) is 13.7. The van der Waals surface area contributed by atoms with Gasteiger partial charge in [-0.3, -0.25) is 5.32 Å². The molecule has 1 heterocycles. The monoisotopic (exact) mass is 389 g/mol. The maximum atomic E-state index is 12.3. The third-order valence-corrected chi connectivity index (χ3v) is 6.10. The van der Waals surface area contributed by atoms with Gasteiger partial charge in [0, 0.05) is 11.9 Å². The predicted octanol–water partition coefficient (Wildman–Crippen LogP) is 4.88. The van der Waals surface area contributed by atoms with Crippen LogP contribution in [0.4, 0.5) is 9.93 Å². The summed E-state index contributed by atoms with van der Waals surface area (Å²) in [6, 6.07) is 16.0. The number of aromatic nitrogens is 1. The van der Waals surface area contributed by atoms with E-state index in [1.165, 1.54) is 33.2 Å². The first-order valence-electron chi connectivity index (χ1n) is 9.23. The van der Waals surface area contributed by atoms with Crippen LogP contribution in [0.15, 0.2) is 48.5 Å². The number of hydrogen-bond acceptors (Lipinski definition) is 4. The zero-order chi connectivity index (χ0) is 19.1. The lowest BCUT2D eigenvalue weighted by Crippen LogP contribution is -2.28. The second-order valence-corrected chi connectivity index (χ2v) is 7.93. The summed E-state index contributed by atoms with van der Waals surface area (Å²) in [5, 5.41) is 8.89. The van der Waals surface area contributed by atoms with Crippen molar-refractivity contribution >= 4 is 43.5 Å². The lowest BCUT2D eigenvalue weighted by Gasteiger charge is -2.06. The Morgan fingerprint density at radius 1 is 1.14 bits per heavy atom. The molecule has 0 saturated carbocycles. The first kappa shape index (κ1) is 17.0. The zero-order valence-electron chi connectivity index (χ0n) is 15.4. The van der Waals surface area contributed by atoms with Crippen molar-refractivity contribution in [3.63, 3.8) is 0 Å². The van der Waals surface area contributed by atoms with Crippen LogP contribution >= 0.6 is 11.3 Å². The molecular formula is C22H19N3O2S. The number of nitrogens with one attached hydrogen (secondary N) is 2. The number of ether oxygens (including phenoxy) is 1. The zero-order valence-corrected chi connectivity index (χ0v) is 16.2. The van der Waals surface area contributed by atoms with Gasteiger partial charge in [0.25, 0.3) is 0 Å². The van der Waals surface area contributed by atoms with E-state index >= 15 is 0 Å². The maximum Gasteiger partial charge on any atom is 0.321 e. The molecule has 0 saturated heterocycles. The number of methoxy groups -OCH3 is 1. The van der Waals surface area contributed by atoms with Crippen LogP contribution < -0.4 is 15.4 Å². The smallest absolute Gasteiger partial charge is 0.321 e. The summed E-state index contributed by atoms with van der Waals surface area (Å²) in [6.07, 6.45) is 2.18. The Bertz CT molecular complexity index is 1200. The van der Waals surface area contributed by atoms with Gasteiger partial charge in [0.05, 0.1) is 17.3 Å². The molecule has 2 amide bonds. The second-order valence-electron chi connectivity index (χ2n) is 6.90. The average Bonchev–Trinajstić information content (AvgIpc) is 3.32. The molecule has 2 N–H and O–H groups in total. The molecule has 1 aliphatic carbocycles. The van der Waals surface area contributed by atoms with Crippen molar-refractivity contribution in [3.05, 3.63) is 65.2 Å². The molecular weight excluding hydrogens is 370 g/mol. The Morgan fingerprint density at radius 2 is 1.96 bits per heavy atom. The number of carbonyl (C=O) groups excluding carboxylic acids is 1. The number of anilines is 1. The summed E-state index contributed by atoms with van der Waals surface area (Å²) >= 11 is 1.52. The van der Waals surface area contributed by atoms with Crippen LogP contribution in [0, 0.1) is 0 Å². The van der Waals surface area contributed by atoms with Crippen molar-refractivity contribution in [1.82, 2.24) is 10.3 Å². The fourth-order valence-electron chi connectivity index (χ4n) is 3.83. The third-order valence-electron chi connectivity index (χ3n) is 5.18. The Kier molecular flexibility index (Phi) is 4.13. The molecule has 5 rings (SSSR count). The van der Waals surface area contributed by atoms with Crippen molar-refractivity contribution in [2.75, 3.05) is 12.4 Å². The number of benzene rings is 3. The van der Waals surface area contributed by atoms with E-state index in [2.05, 4.69) is 34.9 Å². The summed E-state index contributed by atoms with van der Waals surface area (Å²) in [6.45, 7) is 0.442. The topological polar surface area (TPSA) is 63.2 Å². The minimum atomic E-state index is -0.257. The lowest BCUT2D eigenvalue weighted by atomic mass is 10.0. The molecule has 0 spiro atoms. The predicted molar refractivity (Wildman–Crippen MR) is 113 cm³/mol. The van der Waals surface area contributed by atoms with Crippen LogP contribution in [0.5, 0.6) is 5.75 Å². The fraction of sp³-hybridized carbons (Fsp3) is 0.182. The number of thiazole rings is 1. The Balaban J connectivity index is 1.34. The number of nitrogens with zero attached hydrogens (tertiary/aromatic N) is 1. The SMILES string of the molecule is COc1ccc(CNC(=O)Nc2nc3c(cc4c5c(cccc53)CC4)s2)cc1. The largest absolute Gasteiger partial charge is 0.497 e. The molecule has 0 radical (unpaired) electrons. The summed E-state index contributed by atoms with van der Waals surface area (Å²) in [5.74, 6) is 0.797. The lowest BCUT2D eigenvalue weighted by molar-refractivity contribution is 0.251. The van der Waals surface area contributed by atoms with E-state index in [0.717, 1.165) is 34.4 Å². The third kappa shape index (κ3) is 2.96. The van der Waals surface area contributed by atoms with Gasteiger partial charge >= 0.3 is 6.03 Å². The molecule has 0 fully saturated rings. The molecule has 0 bridgehead atoms. The molecule has 0 aliphatic heterocycles. The fourth-order valence-corrected chi connectivity index (χ4v) is 4.77. The number of carbonyl (C=O) groups is 1. The van der Waals surface area contributed by atoms with Crippen LogP contribution in [-0.2, 0) is 19.4 Å². The molecule has 140 valence electrons. The van der Waals surface area contributed by atoms with Crippen molar-refractivity contribution in [2.45, 2.75) is 19.4 Å². The van der Waals surface area contributed by atoms with E-state index in [-0.39, 0.29) is 6.03 Å². The summed E-state index contributed by atoms with van der Waals surface area (Å²) in [4.78, 5) is 17.0. The highest BCUT2D eigenvalue weighted by molar-refractivity contribution is 7.22. The average molecular weight is 389 g/mol. The van der Waals surface area contributed by atoms with Crippen LogP contribution in [0.1, 0.15) is 16.7 Å². The molecule has 28 heavy (non-hydrogen) atoms.